The molecule has 0 saturated carbocycles. The number of ether oxygens (including phenoxy) is 1. The summed E-state index contributed by atoms with van der Waals surface area (Å²) in [7, 11) is 0. The van der Waals surface area contributed by atoms with Crippen LogP contribution in [0.5, 0.6) is 0 Å². The van der Waals surface area contributed by atoms with Gasteiger partial charge >= 0.3 is 6.09 Å². The van der Waals surface area contributed by atoms with Crippen LogP contribution in [0.2, 0.25) is 0 Å². The molecule has 20 heavy (non-hydrogen) atoms. The van der Waals surface area contributed by atoms with Crippen molar-refractivity contribution in [3.05, 3.63) is 22.6 Å². The van der Waals surface area contributed by atoms with Crippen molar-refractivity contribution in [1.82, 2.24) is 10.6 Å². The second kappa shape index (κ2) is 6.63. The van der Waals surface area contributed by atoms with Gasteiger partial charge in [0.05, 0.1) is 22.8 Å². The molecule has 0 aliphatic rings. The number of hydrogen-bond donors (Lipinski definition) is 2. The first-order valence-corrected chi connectivity index (χ1v) is 7.32. The Bertz CT molecular complexity index is 450. The van der Waals surface area contributed by atoms with Gasteiger partial charge in [0, 0.05) is 6.54 Å². The summed E-state index contributed by atoms with van der Waals surface area (Å²) in [6.07, 6.45) is 1.22. The topological polar surface area (TPSA) is 63.5 Å². The Morgan fingerprint density at radius 3 is 2.50 bits per heavy atom. The molecule has 1 heterocycles. The van der Waals surface area contributed by atoms with Crippen LogP contribution < -0.4 is 10.6 Å². The van der Waals surface area contributed by atoms with Crippen LogP contribution in [-0.4, -0.2) is 23.8 Å². The fourth-order valence-electron chi connectivity index (χ4n) is 1.56. The van der Waals surface area contributed by atoms with Gasteiger partial charge in [0.2, 0.25) is 0 Å². The van der Waals surface area contributed by atoms with Crippen LogP contribution in [0.25, 0.3) is 0 Å². The molecule has 0 radical (unpaired) electrons. The van der Waals surface area contributed by atoms with E-state index in [4.69, 9.17) is 9.15 Å². The summed E-state index contributed by atoms with van der Waals surface area (Å²) in [4.78, 5) is 11.7. The van der Waals surface area contributed by atoms with Crippen LogP contribution in [0.3, 0.4) is 0 Å². The van der Waals surface area contributed by atoms with Crippen LogP contribution in [0.1, 0.15) is 40.4 Å². The number of halogens is 1. The van der Waals surface area contributed by atoms with Gasteiger partial charge < -0.3 is 19.8 Å². The van der Waals surface area contributed by atoms with Gasteiger partial charge in [-0.1, -0.05) is 0 Å². The highest BCUT2D eigenvalue weighted by Gasteiger charge is 2.24. The van der Waals surface area contributed by atoms with E-state index in [1.165, 1.54) is 0 Å². The minimum absolute atomic E-state index is 0.413. The Morgan fingerprint density at radius 2 is 2.00 bits per heavy atom. The van der Waals surface area contributed by atoms with E-state index in [0.29, 0.717) is 13.1 Å². The molecule has 0 atom stereocenters. The van der Waals surface area contributed by atoms with Crippen molar-refractivity contribution in [2.45, 2.75) is 52.3 Å². The van der Waals surface area contributed by atoms with Crippen LogP contribution in [0, 0.1) is 0 Å². The lowest BCUT2D eigenvalue weighted by molar-refractivity contribution is 0.0472. The highest BCUT2D eigenvalue weighted by atomic mass is 79.9. The molecule has 5 nitrogen and oxygen atoms in total. The number of rotatable bonds is 5. The van der Waals surface area contributed by atoms with E-state index in [2.05, 4.69) is 26.6 Å². The van der Waals surface area contributed by atoms with E-state index >= 15 is 0 Å². The lowest BCUT2D eigenvalue weighted by Crippen LogP contribution is -2.51. The summed E-state index contributed by atoms with van der Waals surface area (Å²) in [5.74, 6) is 0.832. The molecule has 0 aliphatic carbocycles. The van der Waals surface area contributed by atoms with Crippen LogP contribution in [0.4, 0.5) is 4.79 Å². The van der Waals surface area contributed by atoms with E-state index in [1.54, 1.807) is 6.26 Å². The molecule has 0 unspecified atom stereocenters. The second-order valence-corrected chi connectivity index (χ2v) is 7.16. The van der Waals surface area contributed by atoms with Gasteiger partial charge in [-0.25, -0.2) is 4.79 Å². The minimum atomic E-state index is -0.493. The van der Waals surface area contributed by atoms with Crippen molar-refractivity contribution in [3.8, 4) is 0 Å². The van der Waals surface area contributed by atoms with Crippen molar-refractivity contribution < 1.29 is 13.9 Å². The zero-order chi connectivity index (χ0) is 15.4. The van der Waals surface area contributed by atoms with Crippen LogP contribution >= 0.6 is 15.9 Å². The first-order valence-electron chi connectivity index (χ1n) is 6.53. The van der Waals surface area contributed by atoms with E-state index < -0.39 is 17.2 Å². The molecule has 0 saturated heterocycles. The zero-order valence-electron chi connectivity index (χ0n) is 12.7. The Hall–Kier alpha value is -1.01. The third-order valence-corrected chi connectivity index (χ3v) is 3.09. The average molecular weight is 347 g/mol. The van der Waals surface area contributed by atoms with Crippen molar-refractivity contribution >= 4 is 22.0 Å². The normalized spacial score (nSPS) is 12.3. The highest BCUT2D eigenvalue weighted by Crippen LogP contribution is 2.17. The maximum absolute atomic E-state index is 11.7. The number of alkyl carbamates (subject to hydrolysis) is 1. The molecule has 1 aromatic heterocycles. The maximum Gasteiger partial charge on any atom is 0.408 e. The molecule has 1 amide bonds. The van der Waals surface area contributed by atoms with Crippen molar-refractivity contribution in [1.29, 1.82) is 0 Å². The van der Waals surface area contributed by atoms with E-state index in [9.17, 15) is 4.79 Å². The summed E-state index contributed by atoms with van der Waals surface area (Å²) in [6.45, 7) is 10.6. The highest BCUT2D eigenvalue weighted by molar-refractivity contribution is 9.10. The van der Waals surface area contributed by atoms with Crippen molar-refractivity contribution in [3.63, 3.8) is 0 Å². The lowest BCUT2D eigenvalue weighted by Gasteiger charge is -2.28. The Morgan fingerprint density at radius 1 is 1.35 bits per heavy atom. The molecule has 0 aliphatic heterocycles. The summed E-state index contributed by atoms with van der Waals surface area (Å²) in [5, 5.41) is 6.08. The number of carbonyl (C=O) groups excluding carboxylic acids is 1. The zero-order valence-corrected chi connectivity index (χ0v) is 14.3. The lowest BCUT2D eigenvalue weighted by atomic mass is 10.1. The molecule has 0 aromatic carbocycles. The largest absolute Gasteiger partial charge is 0.467 e. The average Bonchev–Trinajstić information content (AvgIpc) is 2.60. The molecule has 0 bridgehead atoms. The number of amides is 1. The van der Waals surface area contributed by atoms with Gasteiger partial charge in [-0.3, -0.25) is 0 Å². The smallest absolute Gasteiger partial charge is 0.408 e. The molecule has 0 fully saturated rings. The van der Waals surface area contributed by atoms with Gasteiger partial charge in [0.15, 0.2) is 0 Å². The molecule has 6 heteroatoms. The first kappa shape index (κ1) is 17.0. The second-order valence-electron chi connectivity index (χ2n) is 6.31. The molecule has 0 spiro atoms. The SMILES string of the molecule is CC(C)(CNCc1occc1Br)NC(=O)OC(C)(C)C. The van der Waals surface area contributed by atoms with Gasteiger partial charge in [0.25, 0.3) is 0 Å². The van der Waals surface area contributed by atoms with Gasteiger partial charge in [0.1, 0.15) is 11.4 Å². The molecular formula is C14H23BrN2O3. The number of nitrogens with one attached hydrogen (secondary N) is 2. The Balaban J connectivity index is 2.38. The quantitative estimate of drug-likeness (QED) is 0.857. The van der Waals surface area contributed by atoms with Gasteiger partial charge in [-0.05, 0) is 56.6 Å². The maximum atomic E-state index is 11.7. The predicted molar refractivity (Wildman–Crippen MR) is 81.6 cm³/mol. The Kier molecular flexibility index (Phi) is 5.65. The fraction of sp³-hybridized carbons (Fsp3) is 0.643. The number of furan rings is 1. The van der Waals surface area contributed by atoms with Crippen LogP contribution in [0.15, 0.2) is 21.2 Å². The summed E-state index contributed by atoms with van der Waals surface area (Å²) in [5.41, 5.74) is -0.909. The van der Waals surface area contributed by atoms with E-state index in [1.807, 2.05) is 40.7 Å². The first-order chi connectivity index (χ1) is 9.09. The standard InChI is InChI=1S/C14H23BrN2O3/c1-13(2,3)20-12(18)17-14(4,5)9-16-8-11-10(15)6-7-19-11/h6-7,16H,8-9H2,1-5H3,(H,17,18). The monoisotopic (exact) mass is 346 g/mol. The van der Waals surface area contributed by atoms with E-state index in [0.717, 1.165) is 10.2 Å². The fourth-order valence-corrected chi connectivity index (χ4v) is 1.91. The predicted octanol–water partition coefficient (Wildman–Crippen LogP) is 3.44. The summed E-state index contributed by atoms with van der Waals surface area (Å²) >= 11 is 3.40. The van der Waals surface area contributed by atoms with Gasteiger partial charge in [-0.2, -0.15) is 0 Å². The van der Waals surface area contributed by atoms with Crippen LogP contribution in [-0.2, 0) is 11.3 Å². The molecule has 114 valence electrons. The molecule has 1 aromatic rings. The van der Waals surface area contributed by atoms with E-state index in [-0.39, 0.29) is 0 Å². The minimum Gasteiger partial charge on any atom is -0.467 e. The van der Waals surface area contributed by atoms with Crippen molar-refractivity contribution in [2.75, 3.05) is 6.54 Å². The number of carbonyl (C=O) groups is 1. The Labute approximate surface area is 128 Å². The summed E-state index contributed by atoms with van der Waals surface area (Å²) in [6, 6.07) is 1.85. The van der Waals surface area contributed by atoms with Gasteiger partial charge in [-0.15, -0.1) is 0 Å². The summed E-state index contributed by atoms with van der Waals surface area (Å²) < 4.78 is 11.5. The van der Waals surface area contributed by atoms with Crippen molar-refractivity contribution in [2.24, 2.45) is 0 Å². The third kappa shape index (κ3) is 6.43. The molecule has 1 rings (SSSR count). The molecular weight excluding hydrogens is 324 g/mol. The third-order valence-electron chi connectivity index (χ3n) is 2.38. The number of hydrogen-bond acceptors (Lipinski definition) is 4. The molecule has 2 N–H and O–H groups in total.